The summed E-state index contributed by atoms with van der Waals surface area (Å²) in [5.41, 5.74) is 5.02. The maximum atomic E-state index is 11.0. The quantitative estimate of drug-likeness (QED) is 0.364. The van der Waals surface area contributed by atoms with Crippen molar-refractivity contribution in [1.29, 1.82) is 0 Å². The van der Waals surface area contributed by atoms with Gasteiger partial charge in [-0.15, -0.1) is 0 Å². The first-order valence-corrected chi connectivity index (χ1v) is 5.19. The highest BCUT2D eigenvalue weighted by Crippen LogP contribution is 2.28. The molecule has 0 radical (unpaired) electrons. The van der Waals surface area contributed by atoms with Crippen LogP contribution in [0.1, 0.15) is 12.8 Å². The molecule has 1 atom stereocenters. The lowest BCUT2D eigenvalue weighted by atomic mass is 10.1. The maximum Gasteiger partial charge on any atom is 0.326 e. The van der Waals surface area contributed by atoms with Crippen LogP contribution in [-0.2, 0) is 9.59 Å². The summed E-state index contributed by atoms with van der Waals surface area (Å²) >= 11 is 0. The van der Waals surface area contributed by atoms with E-state index in [0.29, 0.717) is 0 Å². The first-order valence-electron chi connectivity index (χ1n) is 5.19. The van der Waals surface area contributed by atoms with Crippen molar-refractivity contribution in [2.24, 2.45) is 5.73 Å². The Morgan fingerprint density at radius 1 is 1.33 bits per heavy atom. The summed E-state index contributed by atoms with van der Waals surface area (Å²) in [4.78, 5) is 21.6. The smallest absolute Gasteiger partial charge is 0.326 e. The Balaban J connectivity index is 2.79. The van der Waals surface area contributed by atoms with Crippen LogP contribution in [0.4, 0.5) is 5.69 Å². The molecule has 0 saturated heterocycles. The topological polar surface area (TPSA) is 133 Å². The summed E-state index contributed by atoms with van der Waals surface area (Å²) in [7, 11) is 0. The van der Waals surface area contributed by atoms with Crippen molar-refractivity contribution in [3.8, 4) is 11.5 Å². The normalized spacial score (nSPS) is 11.8. The molecule has 7 nitrogen and oxygen atoms in total. The number of phenols is 2. The van der Waals surface area contributed by atoms with Crippen molar-refractivity contribution >= 4 is 17.6 Å². The summed E-state index contributed by atoms with van der Waals surface area (Å²) in [5.74, 6) is -2.10. The molecule has 1 aromatic carbocycles. The fraction of sp³-hybridized carbons (Fsp3) is 0.273. The number of hydrogen-bond acceptors (Lipinski definition) is 5. The van der Waals surface area contributed by atoms with Crippen molar-refractivity contribution in [1.82, 2.24) is 0 Å². The average molecular weight is 254 g/mol. The zero-order valence-electron chi connectivity index (χ0n) is 9.46. The molecule has 0 unspecified atom stereocenters. The van der Waals surface area contributed by atoms with E-state index < -0.39 is 17.9 Å². The van der Waals surface area contributed by atoms with Crippen molar-refractivity contribution in [2.75, 3.05) is 5.32 Å². The van der Waals surface area contributed by atoms with Gasteiger partial charge in [-0.3, -0.25) is 4.79 Å². The highest BCUT2D eigenvalue weighted by Gasteiger charge is 2.19. The standard InChI is InChI=1S/C11H14N2O5/c12-10(16)4-2-7(11(17)18)13-8-5-6(14)1-3-9(8)15/h1,3,5,7,13-15H,2,4H2,(H2,12,16)(H,17,18)/t7-/m0/s1. The van der Waals surface area contributed by atoms with Gasteiger partial charge in [0.25, 0.3) is 0 Å². The molecule has 0 fully saturated rings. The number of primary amides is 1. The Bertz CT molecular complexity index is 461. The number of aliphatic carboxylic acids is 1. The van der Waals surface area contributed by atoms with Gasteiger partial charge < -0.3 is 26.4 Å². The Kier molecular flexibility index (Phi) is 4.36. The van der Waals surface area contributed by atoms with E-state index in [1.54, 1.807) is 0 Å². The van der Waals surface area contributed by atoms with Crippen LogP contribution in [0.15, 0.2) is 18.2 Å². The molecule has 0 heterocycles. The second-order valence-electron chi connectivity index (χ2n) is 3.74. The first-order chi connectivity index (χ1) is 8.40. The van der Waals surface area contributed by atoms with Gasteiger partial charge in [0.15, 0.2) is 0 Å². The molecule has 98 valence electrons. The van der Waals surface area contributed by atoms with Gasteiger partial charge in [-0.2, -0.15) is 0 Å². The van der Waals surface area contributed by atoms with Gasteiger partial charge in [0.05, 0.1) is 5.69 Å². The molecule has 7 heteroatoms. The molecule has 0 saturated carbocycles. The molecule has 0 aromatic heterocycles. The predicted molar refractivity (Wildman–Crippen MR) is 63.2 cm³/mol. The Morgan fingerprint density at radius 3 is 2.56 bits per heavy atom. The number of rotatable bonds is 6. The SMILES string of the molecule is NC(=O)CC[C@H](Nc1cc(O)ccc1O)C(=O)O. The van der Waals surface area contributed by atoms with Crippen LogP contribution in [0.5, 0.6) is 11.5 Å². The fourth-order valence-corrected chi connectivity index (χ4v) is 1.37. The van der Waals surface area contributed by atoms with Crippen LogP contribution in [0.25, 0.3) is 0 Å². The van der Waals surface area contributed by atoms with Gasteiger partial charge >= 0.3 is 5.97 Å². The van der Waals surface area contributed by atoms with E-state index in [9.17, 15) is 19.8 Å². The van der Waals surface area contributed by atoms with Crippen LogP contribution < -0.4 is 11.1 Å². The van der Waals surface area contributed by atoms with Crippen molar-refractivity contribution < 1.29 is 24.9 Å². The average Bonchev–Trinajstić information content (AvgIpc) is 2.28. The lowest BCUT2D eigenvalue weighted by Crippen LogP contribution is -2.30. The number of benzene rings is 1. The number of anilines is 1. The monoisotopic (exact) mass is 254 g/mol. The largest absolute Gasteiger partial charge is 0.508 e. The molecule has 0 bridgehead atoms. The lowest BCUT2D eigenvalue weighted by molar-refractivity contribution is -0.138. The molecule has 1 rings (SSSR count). The van der Waals surface area contributed by atoms with Crippen LogP contribution in [0.3, 0.4) is 0 Å². The number of carbonyl (C=O) groups excluding carboxylic acids is 1. The number of amides is 1. The molecule has 1 amide bonds. The van der Waals surface area contributed by atoms with Gasteiger partial charge in [-0.1, -0.05) is 0 Å². The minimum absolute atomic E-state index is 0.0141. The number of phenolic OH excluding ortho intramolecular Hbond substituents is 2. The van der Waals surface area contributed by atoms with Gasteiger partial charge in [0, 0.05) is 12.5 Å². The first kappa shape index (κ1) is 13.6. The summed E-state index contributed by atoms with van der Waals surface area (Å²) in [6, 6.07) is 2.60. The Hall–Kier alpha value is -2.44. The Morgan fingerprint density at radius 2 is 2.00 bits per heavy atom. The summed E-state index contributed by atoms with van der Waals surface area (Å²) in [6.45, 7) is 0. The Labute approximate surface area is 103 Å². The van der Waals surface area contributed by atoms with E-state index >= 15 is 0 Å². The second-order valence-corrected chi connectivity index (χ2v) is 3.74. The van der Waals surface area contributed by atoms with Gasteiger partial charge in [-0.25, -0.2) is 4.79 Å². The fourth-order valence-electron chi connectivity index (χ4n) is 1.37. The molecule has 0 spiro atoms. The number of carboxylic acids is 1. The third-order valence-corrected chi connectivity index (χ3v) is 2.29. The zero-order chi connectivity index (χ0) is 13.7. The van der Waals surface area contributed by atoms with Crippen LogP contribution in [-0.4, -0.2) is 33.2 Å². The zero-order valence-corrected chi connectivity index (χ0v) is 9.46. The van der Waals surface area contributed by atoms with E-state index in [1.807, 2.05) is 0 Å². The molecule has 0 aliphatic carbocycles. The minimum Gasteiger partial charge on any atom is -0.508 e. The van der Waals surface area contributed by atoms with Crippen LogP contribution in [0, 0.1) is 0 Å². The molecular weight excluding hydrogens is 240 g/mol. The van der Waals surface area contributed by atoms with Crippen molar-refractivity contribution in [3.63, 3.8) is 0 Å². The van der Waals surface area contributed by atoms with E-state index in [0.717, 1.165) is 0 Å². The minimum atomic E-state index is -1.18. The van der Waals surface area contributed by atoms with E-state index in [2.05, 4.69) is 5.32 Å². The highest BCUT2D eigenvalue weighted by molar-refractivity contribution is 5.80. The number of nitrogens with one attached hydrogen (secondary N) is 1. The lowest BCUT2D eigenvalue weighted by Gasteiger charge is -2.16. The third kappa shape index (κ3) is 3.85. The number of aromatic hydroxyl groups is 2. The number of hydrogen-bond donors (Lipinski definition) is 5. The maximum absolute atomic E-state index is 11.0. The summed E-state index contributed by atoms with van der Waals surface area (Å²) < 4.78 is 0. The highest BCUT2D eigenvalue weighted by atomic mass is 16.4. The number of carboxylic acid groups (broad SMARTS) is 1. The van der Waals surface area contributed by atoms with E-state index in [1.165, 1.54) is 18.2 Å². The van der Waals surface area contributed by atoms with E-state index in [-0.39, 0.29) is 30.0 Å². The second kappa shape index (κ2) is 5.76. The van der Waals surface area contributed by atoms with E-state index in [4.69, 9.17) is 10.8 Å². The molecule has 0 aliphatic heterocycles. The third-order valence-electron chi connectivity index (χ3n) is 2.29. The molecular formula is C11H14N2O5. The molecule has 1 aromatic rings. The number of carbonyl (C=O) groups is 2. The molecule has 6 N–H and O–H groups in total. The molecule has 18 heavy (non-hydrogen) atoms. The van der Waals surface area contributed by atoms with Gasteiger partial charge in [0.2, 0.25) is 5.91 Å². The van der Waals surface area contributed by atoms with Crippen LogP contribution in [0.2, 0.25) is 0 Å². The van der Waals surface area contributed by atoms with Gasteiger partial charge in [-0.05, 0) is 18.6 Å². The summed E-state index contributed by atoms with van der Waals surface area (Å²) in [5, 5.41) is 30.2. The van der Waals surface area contributed by atoms with Crippen LogP contribution >= 0.6 is 0 Å². The van der Waals surface area contributed by atoms with Crippen molar-refractivity contribution in [3.05, 3.63) is 18.2 Å². The summed E-state index contributed by atoms with van der Waals surface area (Å²) in [6.07, 6.45) is -0.108. The van der Waals surface area contributed by atoms with Gasteiger partial charge in [0.1, 0.15) is 17.5 Å². The predicted octanol–water partition coefficient (Wildman–Crippen LogP) is 0.228. The molecule has 0 aliphatic rings. The van der Waals surface area contributed by atoms with Crippen molar-refractivity contribution in [2.45, 2.75) is 18.9 Å². The number of nitrogens with two attached hydrogens (primary N) is 1.